The Kier molecular flexibility index (Phi) is 7.74. The zero-order valence-electron chi connectivity index (χ0n) is 14.8. The smallest absolute Gasteiger partial charge is 0.00592 e. The summed E-state index contributed by atoms with van der Waals surface area (Å²) in [6.07, 6.45) is 8.00. The van der Waals surface area contributed by atoms with Gasteiger partial charge in [-0.1, -0.05) is 75.9 Å². The first kappa shape index (κ1) is 18.1. The summed E-state index contributed by atoms with van der Waals surface area (Å²) in [7, 11) is -0.898. The summed E-state index contributed by atoms with van der Waals surface area (Å²) in [4.78, 5) is 3.16. The van der Waals surface area contributed by atoms with Gasteiger partial charge in [-0.3, -0.25) is 0 Å². The molecule has 0 heterocycles. The van der Waals surface area contributed by atoms with Crippen LogP contribution in [0.1, 0.15) is 52.4 Å². The molecule has 126 valence electrons. The Labute approximate surface area is 144 Å². The third kappa shape index (κ3) is 4.88. The minimum Gasteiger partial charge on any atom is -0.188 e. The van der Waals surface area contributed by atoms with E-state index in [-0.39, 0.29) is 0 Å². The topological polar surface area (TPSA) is 0 Å². The molecule has 0 amide bonds. The molecule has 0 aromatic heterocycles. The normalized spacial score (nSPS) is 12.3. The predicted molar refractivity (Wildman–Crippen MR) is 106 cm³/mol. The predicted octanol–water partition coefficient (Wildman–Crippen LogP) is 7.29. The highest BCUT2D eigenvalue weighted by atomic mass is 32.3. The van der Waals surface area contributed by atoms with Crippen LogP contribution in [-0.2, 0) is 0 Å². The molecule has 0 saturated carbocycles. The van der Waals surface area contributed by atoms with Gasteiger partial charge >= 0.3 is 0 Å². The van der Waals surface area contributed by atoms with E-state index in [1.807, 2.05) is 0 Å². The van der Waals surface area contributed by atoms with Gasteiger partial charge in [0.15, 0.2) is 0 Å². The Bertz CT molecular complexity index is 481. The number of hydrogen-bond donors (Lipinski definition) is 0. The van der Waals surface area contributed by atoms with Gasteiger partial charge in [0.2, 0.25) is 0 Å². The number of unbranched alkanes of at least 4 members (excludes halogenated alkanes) is 4. The molecule has 1 heteroatoms. The summed E-state index contributed by atoms with van der Waals surface area (Å²) in [5.74, 6) is 2.69. The van der Waals surface area contributed by atoms with Crippen molar-refractivity contribution in [3.05, 3.63) is 60.7 Å². The maximum atomic E-state index is 2.38. The third-order valence-corrected chi connectivity index (χ3v) is 8.90. The maximum absolute atomic E-state index is 2.38. The van der Waals surface area contributed by atoms with Crippen molar-refractivity contribution in [2.75, 3.05) is 11.5 Å². The third-order valence-electron chi connectivity index (χ3n) is 4.58. The fourth-order valence-electron chi connectivity index (χ4n) is 3.27. The monoisotopic (exact) mass is 328 g/mol. The molecule has 0 spiro atoms. The van der Waals surface area contributed by atoms with Crippen LogP contribution < -0.4 is 0 Å². The fraction of sp³-hybridized carbons (Fsp3) is 0.455. The first-order chi connectivity index (χ1) is 11.3. The van der Waals surface area contributed by atoms with Crippen molar-refractivity contribution >= 4 is 10.0 Å². The van der Waals surface area contributed by atoms with E-state index in [0.29, 0.717) is 0 Å². The molecule has 0 bridgehead atoms. The highest BCUT2D eigenvalue weighted by Crippen LogP contribution is 2.63. The lowest BCUT2D eigenvalue weighted by Crippen LogP contribution is -2.12. The average Bonchev–Trinajstić information content (AvgIpc) is 2.62. The lowest BCUT2D eigenvalue weighted by molar-refractivity contribution is 0.760. The van der Waals surface area contributed by atoms with Gasteiger partial charge < -0.3 is 0 Å². The Morgan fingerprint density at radius 1 is 0.565 bits per heavy atom. The van der Waals surface area contributed by atoms with E-state index in [0.717, 1.165) is 0 Å². The fourth-order valence-corrected chi connectivity index (χ4v) is 7.44. The average molecular weight is 329 g/mol. The maximum Gasteiger partial charge on any atom is -0.00592 e. The van der Waals surface area contributed by atoms with Crippen LogP contribution in [0.3, 0.4) is 0 Å². The van der Waals surface area contributed by atoms with E-state index >= 15 is 0 Å². The second-order valence-electron chi connectivity index (χ2n) is 6.33. The summed E-state index contributed by atoms with van der Waals surface area (Å²) in [5, 5.41) is 0. The molecule has 0 atom stereocenters. The van der Waals surface area contributed by atoms with Crippen molar-refractivity contribution < 1.29 is 0 Å². The van der Waals surface area contributed by atoms with Gasteiger partial charge in [0, 0.05) is 0 Å². The van der Waals surface area contributed by atoms with Crippen molar-refractivity contribution in [2.24, 2.45) is 0 Å². The minimum atomic E-state index is -0.898. The van der Waals surface area contributed by atoms with Gasteiger partial charge in [-0.15, -0.1) is 0 Å². The molecule has 2 rings (SSSR count). The number of rotatable bonds is 10. The summed E-state index contributed by atoms with van der Waals surface area (Å²) in [6, 6.07) is 22.7. The van der Waals surface area contributed by atoms with Crippen molar-refractivity contribution in [1.29, 1.82) is 0 Å². The summed E-state index contributed by atoms with van der Waals surface area (Å²) < 4.78 is 0. The van der Waals surface area contributed by atoms with Crippen LogP contribution in [0.25, 0.3) is 0 Å². The Morgan fingerprint density at radius 2 is 0.957 bits per heavy atom. The summed E-state index contributed by atoms with van der Waals surface area (Å²) in [6.45, 7) is 4.61. The Morgan fingerprint density at radius 3 is 1.30 bits per heavy atom. The van der Waals surface area contributed by atoms with E-state index in [4.69, 9.17) is 0 Å². The molecular formula is C22H32S. The SMILES string of the molecule is CCCCCS(CCCCC)(c1ccccc1)c1ccccc1. The number of benzene rings is 2. The van der Waals surface area contributed by atoms with Crippen molar-refractivity contribution in [1.82, 2.24) is 0 Å². The van der Waals surface area contributed by atoms with Crippen LogP contribution in [-0.4, -0.2) is 11.5 Å². The molecule has 2 aromatic rings. The lowest BCUT2D eigenvalue weighted by atomic mass is 10.3. The summed E-state index contributed by atoms with van der Waals surface area (Å²) >= 11 is 0. The van der Waals surface area contributed by atoms with E-state index in [1.165, 1.54) is 50.0 Å². The van der Waals surface area contributed by atoms with Crippen LogP contribution in [0.4, 0.5) is 0 Å². The molecule has 0 saturated heterocycles. The van der Waals surface area contributed by atoms with Crippen LogP contribution in [0, 0.1) is 0 Å². The van der Waals surface area contributed by atoms with Crippen molar-refractivity contribution in [2.45, 2.75) is 62.2 Å². The first-order valence-corrected chi connectivity index (χ1v) is 11.2. The molecule has 0 radical (unpaired) electrons. The van der Waals surface area contributed by atoms with Crippen LogP contribution in [0.15, 0.2) is 70.5 Å². The van der Waals surface area contributed by atoms with Gasteiger partial charge in [0.1, 0.15) is 0 Å². The Hall–Kier alpha value is -1.21. The first-order valence-electron chi connectivity index (χ1n) is 9.22. The lowest BCUT2D eigenvalue weighted by Gasteiger charge is -2.41. The molecule has 2 aromatic carbocycles. The highest BCUT2D eigenvalue weighted by molar-refractivity contribution is 8.33. The van der Waals surface area contributed by atoms with Crippen LogP contribution >= 0.6 is 10.0 Å². The second-order valence-corrected chi connectivity index (χ2v) is 9.86. The van der Waals surface area contributed by atoms with E-state index < -0.39 is 10.0 Å². The molecular weight excluding hydrogens is 296 g/mol. The molecule has 0 aliphatic heterocycles. The van der Waals surface area contributed by atoms with E-state index in [2.05, 4.69) is 74.5 Å². The zero-order valence-corrected chi connectivity index (χ0v) is 15.7. The molecule has 0 fully saturated rings. The van der Waals surface area contributed by atoms with E-state index in [9.17, 15) is 0 Å². The quantitative estimate of drug-likeness (QED) is 0.402. The molecule has 23 heavy (non-hydrogen) atoms. The second kappa shape index (κ2) is 9.82. The summed E-state index contributed by atoms with van der Waals surface area (Å²) in [5.41, 5.74) is 0. The number of hydrogen-bond acceptors (Lipinski definition) is 0. The molecule has 0 aliphatic carbocycles. The highest BCUT2D eigenvalue weighted by Gasteiger charge is 2.27. The van der Waals surface area contributed by atoms with E-state index in [1.54, 1.807) is 9.79 Å². The van der Waals surface area contributed by atoms with Gasteiger partial charge in [0.05, 0.1) is 0 Å². The van der Waals surface area contributed by atoms with Crippen molar-refractivity contribution in [3.8, 4) is 0 Å². The van der Waals surface area contributed by atoms with Crippen molar-refractivity contribution in [3.63, 3.8) is 0 Å². The Balaban J connectivity index is 2.39. The molecule has 0 unspecified atom stereocenters. The van der Waals surface area contributed by atoms with Gasteiger partial charge in [-0.05, 0) is 58.4 Å². The van der Waals surface area contributed by atoms with Crippen LogP contribution in [0.5, 0.6) is 0 Å². The largest absolute Gasteiger partial charge is 0.188 e. The molecule has 0 N–H and O–H groups in total. The van der Waals surface area contributed by atoms with Gasteiger partial charge in [-0.2, -0.15) is 10.0 Å². The zero-order chi connectivity index (χ0) is 16.4. The van der Waals surface area contributed by atoms with Gasteiger partial charge in [0.25, 0.3) is 0 Å². The van der Waals surface area contributed by atoms with Gasteiger partial charge in [-0.25, -0.2) is 0 Å². The van der Waals surface area contributed by atoms with Crippen LogP contribution in [0.2, 0.25) is 0 Å². The minimum absolute atomic E-state index is 0.898. The molecule has 0 aliphatic rings. The molecule has 0 nitrogen and oxygen atoms in total. The standard InChI is InChI=1S/C22H32S/c1-3-5-13-19-23(20-14-6-4-2,21-15-9-7-10-16-21)22-17-11-8-12-18-22/h7-12,15-18H,3-6,13-14,19-20H2,1-2H3.